The minimum atomic E-state index is -1.68. The third-order valence-corrected chi connectivity index (χ3v) is 12.5. The predicted molar refractivity (Wildman–Crippen MR) is 178 cm³/mol. The Balaban J connectivity index is 3.12. The molecule has 0 atom stereocenters. The molecular weight excluding hydrogens is 548 g/mol. The molecule has 0 unspecified atom stereocenters. The van der Waals surface area contributed by atoms with Crippen LogP contribution >= 0.6 is 0 Å². The van der Waals surface area contributed by atoms with Crippen LogP contribution in [0, 0.1) is 0 Å². The van der Waals surface area contributed by atoms with Gasteiger partial charge in [-0.1, -0.05) is 111 Å². The monoisotopic (exact) mass is 621 g/mol. The van der Waals surface area contributed by atoms with Gasteiger partial charge in [0.2, 0.25) is 0 Å². The second kappa shape index (κ2) is 30.9. The van der Waals surface area contributed by atoms with E-state index in [1.54, 1.807) is 0 Å². The van der Waals surface area contributed by atoms with Crippen LogP contribution in [0.1, 0.15) is 118 Å². The van der Waals surface area contributed by atoms with E-state index in [1.807, 2.05) is 0 Å². The van der Waals surface area contributed by atoms with E-state index in [0.29, 0.717) is 79.3 Å². The van der Waals surface area contributed by atoms with Crippen molar-refractivity contribution in [1.82, 2.24) is 0 Å². The highest BCUT2D eigenvalue weighted by atomic mass is 28.4. The Morgan fingerprint density at radius 3 is 0.929 bits per heavy atom. The number of hydrogen-bond donors (Lipinski definition) is 0. The van der Waals surface area contributed by atoms with E-state index < -0.39 is 8.32 Å². The van der Waals surface area contributed by atoms with Crippen molar-refractivity contribution in [1.29, 1.82) is 0 Å². The molecule has 0 N–H and O–H groups in total. The quantitative estimate of drug-likeness (QED) is 0.0527. The number of ether oxygens (including phenoxy) is 6. The molecule has 0 heterocycles. The van der Waals surface area contributed by atoms with E-state index in [1.165, 1.54) is 83.5 Å². The average molecular weight is 621 g/mol. The molecule has 8 heteroatoms. The maximum absolute atomic E-state index is 6.09. The topological polar surface area (TPSA) is 64.6 Å². The van der Waals surface area contributed by atoms with Gasteiger partial charge in [-0.15, -0.1) is 0 Å². The first-order valence-corrected chi connectivity index (χ1v) is 20.3. The van der Waals surface area contributed by atoms with Gasteiger partial charge in [0.1, 0.15) is 0 Å². The lowest BCUT2D eigenvalue weighted by atomic mass is 10.0. The number of hydrogen-bond acceptors (Lipinski definition) is 7. The van der Waals surface area contributed by atoms with Crippen LogP contribution in [0.2, 0.25) is 18.1 Å². The lowest BCUT2D eigenvalue weighted by Gasteiger charge is -2.36. The summed E-state index contributed by atoms with van der Waals surface area (Å²) in [5.74, 6) is 0. The highest BCUT2D eigenvalue weighted by Crippen LogP contribution is 2.36. The lowest BCUT2D eigenvalue weighted by molar-refractivity contribution is -0.0180. The molecule has 0 saturated heterocycles. The van der Waals surface area contributed by atoms with E-state index in [0.717, 1.165) is 13.0 Å². The van der Waals surface area contributed by atoms with Crippen LogP contribution in [0.3, 0.4) is 0 Å². The molecule has 0 rings (SSSR count). The Kier molecular flexibility index (Phi) is 30.9. The van der Waals surface area contributed by atoms with Crippen molar-refractivity contribution in [3.8, 4) is 0 Å². The Morgan fingerprint density at radius 2 is 0.619 bits per heavy atom. The molecule has 7 nitrogen and oxygen atoms in total. The summed E-state index contributed by atoms with van der Waals surface area (Å²) in [6.45, 7) is 21.5. The van der Waals surface area contributed by atoms with E-state index in [4.69, 9.17) is 32.8 Å². The van der Waals surface area contributed by atoms with Gasteiger partial charge in [0.05, 0.1) is 79.3 Å². The fourth-order valence-electron chi connectivity index (χ4n) is 4.17. The van der Waals surface area contributed by atoms with Crippen LogP contribution in [0.15, 0.2) is 0 Å². The minimum absolute atomic E-state index is 0.231. The third-order valence-electron chi connectivity index (χ3n) is 8.00. The lowest BCUT2D eigenvalue weighted by Crippen LogP contribution is -2.41. The fraction of sp³-hybridized carbons (Fsp3) is 1.00. The molecule has 0 spiro atoms. The molecule has 254 valence electrons. The smallest absolute Gasteiger partial charge is 0.192 e. The van der Waals surface area contributed by atoms with Crippen LogP contribution in [-0.4, -0.2) is 94.2 Å². The van der Waals surface area contributed by atoms with Crippen LogP contribution in [-0.2, 0) is 32.8 Å². The molecular formula is C34H72O7Si. The second-order valence-corrected chi connectivity index (χ2v) is 17.7. The maximum Gasteiger partial charge on any atom is 0.192 e. The summed E-state index contributed by atoms with van der Waals surface area (Å²) in [6, 6.07) is 0. The Bertz CT molecular complexity index is 529. The van der Waals surface area contributed by atoms with Gasteiger partial charge < -0.3 is 32.8 Å². The van der Waals surface area contributed by atoms with Crippen molar-refractivity contribution in [2.45, 2.75) is 136 Å². The highest BCUT2D eigenvalue weighted by molar-refractivity contribution is 6.74. The van der Waals surface area contributed by atoms with Crippen LogP contribution < -0.4 is 0 Å². The minimum Gasteiger partial charge on any atom is -0.414 e. The molecule has 0 aliphatic heterocycles. The summed E-state index contributed by atoms with van der Waals surface area (Å²) in [4.78, 5) is 0. The van der Waals surface area contributed by atoms with Gasteiger partial charge in [0, 0.05) is 6.61 Å². The SMILES string of the molecule is CCCCCCCCCCCCCCCCOCCOCCOCCOCCOCCOCCO[Si](C)(C)C(C)(C)C. The average Bonchev–Trinajstić information content (AvgIpc) is 2.95. The number of unbranched alkanes of at least 4 members (excludes halogenated alkanes) is 13. The second-order valence-electron chi connectivity index (χ2n) is 12.9. The van der Waals surface area contributed by atoms with Gasteiger partial charge in [-0.05, 0) is 24.6 Å². The summed E-state index contributed by atoms with van der Waals surface area (Å²) in [5.41, 5.74) is 0. The van der Waals surface area contributed by atoms with E-state index >= 15 is 0 Å². The van der Waals surface area contributed by atoms with Crippen LogP contribution in [0.25, 0.3) is 0 Å². The van der Waals surface area contributed by atoms with Crippen molar-refractivity contribution < 1.29 is 32.8 Å². The standard InChI is InChI=1S/C34H72O7Si/c1-7-8-9-10-11-12-13-14-15-16-17-18-19-20-21-35-22-23-36-24-25-37-26-27-38-28-29-39-30-31-40-32-33-41-42(5,6)34(2,3)4/h7-33H2,1-6H3. The van der Waals surface area contributed by atoms with Gasteiger partial charge in [-0.2, -0.15) is 0 Å². The largest absolute Gasteiger partial charge is 0.414 e. The Hall–Kier alpha value is -0.0631. The molecule has 0 radical (unpaired) electrons. The van der Waals surface area contributed by atoms with Gasteiger partial charge in [-0.3, -0.25) is 0 Å². The zero-order valence-corrected chi connectivity index (χ0v) is 29.9. The van der Waals surface area contributed by atoms with Crippen molar-refractivity contribution >= 4 is 8.32 Å². The molecule has 0 aliphatic carbocycles. The molecule has 0 saturated carbocycles. The summed E-state index contributed by atoms with van der Waals surface area (Å²) in [6.07, 6.45) is 19.4. The summed E-state index contributed by atoms with van der Waals surface area (Å²) < 4.78 is 39.5. The normalized spacial score (nSPS) is 12.4. The Labute approximate surface area is 262 Å². The van der Waals surface area contributed by atoms with Crippen LogP contribution in [0.4, 0.5) is 0 Å². The molecule has 42 heavy (non-hydrogen) atoms. The van der Waals surface area contributed by atoms with E-state index in [-0.39, 0.29) is 5.04 Å². The van der Waals surface area contributed by atoms with Crippen molar-refractivity contribution in [2.24, 2.45) is 0 Å². The highest BCUT2D eigenvalue weighted by Gasteiger charge is 2.36. The third kappa shape index (κ3) is 30.0. The van der Waals surface area contributed by atoms with Gasteiger partial charge in [0.25, 0.3) is 0 Å². The first-order chi connectivity index (χ1) is 20.3. The van der Waals surface area contributed by atoms with Gasteiger partial charge in [-0.25, -0.2) is 0 Å². The van der Waals surface area contributed by atoms with E-state index in [2.05, 4.69) is 40.8 Å². The molecule has 0 aliphatic rings. The molecule has 0 aromatic heterocycles. The van der Waals surface area contributed by atoms with Gasteiger partial charge >= 0.3 is 0 Å². The molecule has 0 fully saturated rings. The molecule has 0 amide bonds. The summed E-state index contributed by atoms with van der Waals surface area (Å²) >= 11 is 0. The van der Waals surface area contributed by atoms with E-state index in [9.17, 15) is 0 Å². The maximum atomic E-state index is 6.09. The zero-order valence-electron chi connectivity index (χ0n) is 28.9. The summed E-state index contributed by atoms with van der Waals surface area (Å²) in [7, 11) is -1.68. The zero-order chi connectivity index (χ0) is 31.0. The summed E-state index contributed by atoms with van der Waals surface area (Å²) in [5, 5.41) is 0.231. The van der Waals surface area contributed by atoms with Gasteiger partial charge in [0.15, 0.2) is 8.32 Å². The molecule has 0 aromatic rings. The molecule has 0 aromatic carbocycles. The van der Waals surface area contributed by atoms with Crippen LogP contribution in [0.5, 0.6) is 0 Å². The van der Waals surface area contributed by atoms with Crippen molar-refractivity contribution in [2.75, 3.05) is 85.9 Å². The first-order valence-electron chi connectivity index (χ1n) is 17.4. The molecule has 0 bridgehead atoms. The number of rotatable bonds is 34. The predicted octanol–water partition coefficient (Wildman–Crippen LogP) is 8.59. The fourth-order valence-corrected chi connectivity index (χ4v) is 5.20. The first kappa shape index (κ1) is 41.9. The van der Waals surface area contributed by atoms with Crippen molar-refractivity contribution in [3.63, 3.8) is 0 Å². The Morgan fingerprint density at radius 1 is 0.357 bits per heavy atom. The van der Waals surface area contributed by atoms with Crippen molar-refractivity contribution in [3.05, 3.63) is 0 Å².